The van der Waals surface area contributed by atoms with Crippen LogP contribution in [0.1, 0.15) is 36.0 Å². The third kappa shape index (κ3) is 3.09. The minimum absolute atomic E-state index is 0.135. The lowest BCUT2D eigenvalue weighted by atomic mass is 9.80. The van der Waals surface area contributed by atoms with Crippen LogP contribution < -0.4 is 5.32 Å². The normalized spacial score (nSPS) is 18.6. The van der Waals surface area contributed by atoms with Crippen molar-refractivity contribution in [1.29, 1.82) is 0 Å². The molecule has 0 atom stereocenters. The Morgan fingerprint density at radius 1 is 1.15 bits per heavy atom. The molecular weight excluding hydrogens is 334 g/mol. The highest BCUT2D eigenvalue weighted by molar-refractivity contribution is 5.89. The number of hydrogen-bond donors (Lipinski definition) is 2. The van der Waals surface area contributed by atoms with E-state index < -0.39 is 11.4 Å². The minimum atomic E-state index is -0.923. The Labute approximate surface area is 151 Å². The number of amides is 1. The minimum Gasteiger partial charge on any atom is -0.481 e. The molecule has 138 valence electrons. The van der Waals surface area contributed by atoms with Gasteiger partial charge in [0.05, 0.1) is 18.1 Å². The Kier molecular flexibility index (Phi) is 4.44. The van der Waals surface area contributed by atoms with Gasteiger partial charge in [-0.25, -0.2) is 0 Å². The SMILES string of the molecule is O=C(Cc1coc2cc3c(cc12)CCC3)NCC1(C(=O)O)CCOCC1. The van der Waals surface area contributed by atoms with Crippen molar-refractivity contribution < 1.29 is 23.8 Å². The lowest BCUT2D eigenvalue weighted by molar-refractivity contribution is -0.154. The number of rotatable bonds is 5. The van der Waals surface area contributed by atoms with Crippen LogP contribution in [0.4, 0.5) is 0 Å². The highest BCUT2D eigenvalue weighted by Gasteiger charge is 2.40. The summed E-state index contributed by atoms with van der Waals surface area (Å²) in [5, 5.41) is 13.4. The van der Waals surface area contributed by atoms with E-state index in [0.717, 1.165) is 29.4 Å². The topological polar surface area (TPSA) is 88.8 Å². The van der Waals surface area contributed by atoms with Crippen LogP contribution in [0.3, 0.4) is 0 Å². The number of carboxylic acid groups (broad SMARTS) is 1. The molecule has 1 aromatic carbocycles. The molecule has 0 saturated carbocycles. The van der Waals surface area contributed by atoms with Gasteiger partial charge in [0, 0.05) is 30.7 Å². The summed E-state index contributed by atoms with van der Waals surface area (Å²) in [6.07, 6.45) is 6.00. The summed E-state index contributed by atoms with van der Waals surface area (Å²) in [6.45, 7) is 0.967. The average Bonchev–Trinajstić information content (AvgIpc) is 3.25. The fraction of sp³-hybridized carbons (Fsp3) is 0.500. The van der Waals surface area contributed by atoms with Gasteiger partial charge < -0.3 is 19.6 Å². The molecule has 0 unspecified atom stereocenters. The zero-order chi connectivity index (χ0) is 18.1. The lowest BCUT2D eigenvalue weighted by Crippen LogP contribution is -2.46. The van der Waals surface area contributed by atoms with Gasteiger partial charge in [0.2, 0.25) is 5.91 Å². The van der Waals surface area contributed by atoms with Crippen LogP contribution in [0.25, 0.3) is 11.0 Å². The third-order valence-corrected chi connectivity index (χ3v) is 5.75. The Balaban J connectivity index is 1.45. The second-order valence-electron chi connectivity index (χ2n) is 7.38. The molecule has 1 amide bonds. The number of nitrogens with one attached hydrogen (secondary N) is 1. The van der Waals surface area contributed by atoms with E-state index in [1.165, 1.54) is 17.5 Å². The number of furan rings is 1. The Morgan fingerprint density at radius 3 is 2.62 bits per heavy atom. The average molecular weight is 357 g/mol. The van der Waals surface area contributed by atoms with E-state index in [1.807, 2.05) is 0 Å². The molecule has 0 spiro atoms. The van der Waals surface area contributed by atoms with E-state index in [-0.39, 0.29) is 18.9 Å². The van der Waals surface area contributed by atoms with Crippen molar-refractivity contribution in [3.8, 4) is 0 Å². The predicted octanol–water partition coefficient (Wildman–Crippen LogP) is 2.46. The number of aliphatic carboxylic acids is 1. The number of carbonyl (C=O) groups excluding carboxylic acids is 1. The molecule has 2 N–H and O–H groups in total. The number of benzene rings is 1. The Bertz CT molecular complexity index is 847. The van der Waals surface area contributed by atoms with Crippen molar-refractivity contribution in [3.63, 3.8) is 0 Å². The van der Waals surface area contributed by atoms with Gasteiger partial charge in [0.15, 0.2) is 0 Å². The first kappa shape index (κ1) is 17.1. The van der Waals surface area contributed by atoms with E-state index in [2.05, 4.69) is 17.4 Å². The molecule has 1 fully saturated rings. The number of carboxylic acids is 1. The van der Waals surface area contributed by atoms with Crippen LogP contribution in [-0.2, 0) is 33.6 Å². The van der Waals surface area contributed by atoms with Crippen LogP contribution in [0.2, 0.25) is 0 Å². The van der Waals surface area contributed by atoms with Gasteiger partial charge in [0.25, 0.3) is 0 Å². The second-order valence-corrected chi connectivity index (χ2v) is 7.38. The van der Waals surface area contributed by atoms with Crippen LogP contribution in [-0.4, -0.2) is 36.7 Å². The maximum absolute atomic E-state index is 12.4. The van der Waals surface area contributed by atoms with Crippen LogP contribution in [0, 0.1) is 5.41 Å². The van der Waals surface area contributed by atoms with E-state index in [4.69, 9.17) is 9.15 Å². The monoisotopic (exact) mass is 357 g/mol. The summed E-state index contributed by atoms with van der Waals surface area (Å²) < 4.78 is 10.9. The fourth-order valence-electron chi connectivity index (χ4n) is 4.02. The highest BCUT2D eigenvalue weighted by atomic mass is 16.5. The molecule has 6 heteroatoms. The van der Waals surface area contributed by atoms with Crippen molar-refractivity contribution >= 4 is 22.8 Å². The van der Waals surface area contributed by atoms with Gasteiger partial charge in [-0.15, -0.1) is 0 Å². The van der Waals surface area contributed by atoms with E-state index >= 15 is 0 Å². The van der Waals surface area contributed by atoms with Gasteiger partial charge in [-0.2, -0.15) is 0 Å². The van der Waals surface area contributed by atoms with Crippen LogP contribution in [0.5, 0.6) is 0 Å². The van der Waals surface area contributed by atoms with Crippen molar-refractivity contribution in [2.45, 2.75) is 38.5 Å². The van der Waals surface area contributed by atoms with Gasteiger partial charge in [0.1, 0.15) is 5.58 Å². The summed E-state index contributed by atoms with van der Waals surface area (Å²) in [5.74, 6) is -1.05. The lowest BCUT2D eigenvalue weighted by Gasteiger charge is -2.33. The van der Waals surface area contributed by atoms with Crippen molar-refractivity contribution in [3.05, 3.63) is 35.1 Å². The molecule has 2 aliphatic rings. The van der Waals surface area contributed by atoms with Crippen molar-refractivity contribution in [1.82, 2.24) is 5.32 Å². The van der Waals surface area contributed by atoms with Gasteiger partial charge in [-0.3, -0.25) is 9.59 Å². The second kappa shape index (κ2) is 6.76. The molecule has 6 nitrogen and oxygen atoms in total. The number of aryl methyl sites for hydroxylation is 2. The maximum atomic E-state index is 12.4. The zero-order valence-corrected chi connectivity index (χ0v) is 14.7. The summed E-state index contributed by atoms with van der Waals surface area (Å²) in [7, 11) is 0. The Hall–Kier alpha value is -2.34. The van der Waals surface area contributed by atoms with E-state index in [0.29, 0.717) is 26.1 Å². The summed E-state index contributed by atoms with van der Waals surface area (Å²) in [4.78, 5) is 24.1. The highest BCUT2D eigenvalue weighted by Crippen LogP contribution is 2.31. The molecule has 0 bridgehead atoms. The molecule has 4 rings (SSSR count). The summed E-state index contributed by atoms with van der Waals surface area (Å²) >= 11 is 0. The van der Waals surface area contributed by atoms with Crippen LogP contribution in [0.15, 0.2) is 22.8 Å². The Morgan fingerprint density at radius 2 is 1.88 bits per heavy atom. The summed E-state index contributed by atoms with van der Waals surface area (Å²) in [5.41, 5.74) is 3.43. The smallest absolute Gasteiger partial charge is 0.311 e. The van der Waals surface area contributed by atoms with Gasteiger partial charge in [-0.1, -0.05) is 0 Å². The first-order valence-electron chi connectivity index (χ1n) is 9.17. The number of fused-ring (bicyclic) bond motifs is 2. The quantitative estimate of drug-likeness (QED) is 0.858. The maximum Gasteiger partial charge on any atom is 0.311 e. The molecule has 2 heterocycles. The number of ether oxygens (including phenoxy) is 1. The molecule has 1 aliphatic carbocycles. The van der Waals surface area contributed by atoms with Gasteiger partial charge >= 0.3 is 5.97 Å². The van der Waals surface area contributed by atoms with E-state index in [9.17, 15) is 14.7 Å². The predicted molar refractivity (Wildman–Crippen MR) is 95.1 cm³/mol. The molecule has 0 radical (unpaired) electrons. The molecule has 1 saturated heterocycles. The zero-order valence-electron chi connectivity index (χ0n) is 14.7. The molecular formula is C20H23NO5. The van der Waals surface area contributed by atoms with Gasteiger partial charge in [-0.05, 0) is 55.4 Å². The van der Waals surface area contributed by atoms with Crippen molar-refractivity contribution in [2.75, 3.05) is 19.8 Å². The standard InChI is InChI=1S/C20H23NO5/c22-18(21-12-20(19(23)24)4-6-25-7-5-20)10-15-11-26-17-9-14-3-1-2-13(14)8-16(15)17/h8-9,11H,1-7,10,12H2,(H,21,22)(H,23,24). The first-order chi connectivity index (χ1) is 12.6. The number of hydrogen-bond acceptors (Lipinski definition) is 4. The first-order valence-corrected chi connectivity index (χ1v) is 9.17. The van der Waals surface area contributed by atoms with Crippen molar-refractivity contribution in [2.24, 2.45) is 5.41 Å². The fourth-order valence-corrected chi connectivity index (χ4v) is 4.02. The van der Waals surface area contributed by atoms with Crippen LogP contribution >= 0.6 is 0 Å². The molecule has 1 aliphatic heterocycles. The van der Waals surface area contributed by atoms with E-state index in [1.54, 1.807) is 6.26 Å². The third-order valence-electron chi connectivity index (χ3n) is 5.75. The molecule has 1 aromatic heterocycles. The summed E-state index contributed by atoms with van der Waals surface area (Å²) in [6, 6.07) is 4.22. The number of carbonyl (C=O) groups is 2. The largest absolute Gasteiger partial charge is 0.481 e. The molecule has 26 heavy (non-hydrogen) atoms. The molecule has 2 aromatic rings.